The molecule has 0 radical (unpaired) electrons. The SMILES string of the molecule is Cc1ccc2c(c1)CCCN2c1ccc(CBr)cc1Cl. The normalized spacial score (nSPS) is 14.2. The van der Waals surface area contributed by atoms with Crippen molar-refractivity contribution in [2.24, 2.45) is 0 Å². The number of alkyl halides is 1. The summed E-state index contributed by atoms with van der Waals surface area (Å²) in [5.41, 5.74) is 6.37. The van der Waals surface area contributed by atoms with Crippen LogP contribution >= 0.6 is 27.5 Å². The Morgan fingerprint density at radius 2 is 1.95 bits per heavy atom. The zero-order valence-corrected chi connectivity index (χ0v) is 13.8. The van der Waals surface area contributed by atoms with Crippen LogP contribution < -0.4 is 4.90 Å². The van der Waals surface area contributed by atoms with Gasteiger partial charge >= 0.3 is 0 Å². The fourth-order valence-electron chi connectivity index (χ4n) is 2.83. The lowest BCUT2D eigenvalue weighted by atomic mass is 9.99. The van der Waals surface area contributed by atoms with Crippen molar-refractivity contribution in [3.8, 4) is 0 Å². The topological polar surface area (TPSA) is 3.24 Å². The van der Waals surface area contributed by atoms with Crippen molar-refractivity contribution in [1.29, 1.82) is 0 Å². The van der Waals surface area contributed by atoms with Crippen LogP contribution in [0.3, 0.4) is 0 Å². The van der Waals surface area contributed by atoms with Gasteiger partial charge in [0, 0.05) is 17.6 Å². The maximum absolute atomic E-state index is 6.48. The highest BCUT2D eigenvalue weighted by Crippen LogP contribution is 2.38. The van der Waals surface area contributed by atoms with E-state index in [2.05, 4.69) is 58.1 Å². The quantitative estimate of drug-likeness (QED) is 0.635. The standard InChI is InChI=1S/C17H17BrClN/c1-12-4-6-16-14(9-12)3-2-8-20(16)17-7-5-13(11-18)10-15(17)19/h4-7,9-10H,2-3,8,11H2,1H3. The maximum atomic E-state index is 6.48. The van der Waals surface area contributed by atoms with E-state index in [-0.39, 0.29) is 0 Å². The number of aryl methyl sites for hydroxylation is 2. The molecular formula is C17H17BrClN. The van der Waals surface area contributed by atoms with Gasteiger partial charge in [0.15, 0.2) is 0 Å². The van der Waals surface area contributed by atoms with Crippen LogP contribution in [0.25, 0.3) is 0 Å². The molecule has 0 aromatic heterocycles. The molecule has 1 nitrogen and oxygen atoms in total. The molecule has 3 heteroatoms. The number of halogens is 2. The molecule has 104 valence electrons. The van der Waals surface area contributed by atoms with Crippen LogP contribution in [0.15, 0.2) is 36.4 Å². The van der Waals surface area contributed by atoms with Crippen molar-refractivity contribution >= 4 is 38.9 Å². The highest BCUT2D eigenvalue weighted by atomic mass is 79.9. The summed E-state index contributed by atoms with van der Waals surface area (Å²) >= 11 is 9.95. The molecule has 2 aromatic carbocycles. The lowest BCUT2D eigenvalue weighted by molar-refractivity contribution is 0.766. The van der Waals surface area contributed by atoms with E-state index >= 15 is 0 Å². The predicted molar refractivity (Wildman–Crippen MR) is 90.6 cm³/mol. The van der Waals surface area contributed by atoms with Gasteiger partial charge in [-0.15, -0.1) is 0 Å². The van der Waals surface area contributed by atoms with Gasteiger partial charge in [-0.3, -0.25) is 0 Å². The second-order valence-electron chi connectivity index (χ2n) is 5.31. The number of nitrogens with zero attached hydrogens (tertiary/aromatic N) is 1. The van der Waals surface area contributed by atoms with Crippen molar-refractivity contribution < 1.29 is 0 Å². The smallest absolute Gasteiger partial charge is 0.0646 e. The summed E-state index contributed by atoms with van der Waals surface area (Å²) in [4.78, 5) is 2.35. The summed E-state index contributed by atoms with van der Waals surface area (Å²) in [5, 5.41) is 1.67. The first-order valence-corrected chi connectivity index (χ1v) is 8.40. The Morgan fingerprint density at radius 1 is 1.15 bits per heavy atom. The molecule has 20 heavy (non-hydrogen) atoms. The molecule has 0 atom stereocenters. The second kappa shape index (κ2) is 5.79. The van der Waals surface area contributed by atoms with Crippen molar-refractivity contribution in [1.82, 2.24) is 0 Å². The number of fused-ring (bicyclic) bond motifs is 1. The van der Waals surface area contributed by atoms with Crippen LogP contribution in [-0.4, -0.2) is 6.54 Å². The third-order valence-electron chi connectivity index (χ3n) is 3.81. The van der Waals surface area contributed by atoms with Gasteiger partial charge in [-0.2, -0.15) is 0 Å². The van der Waals surface area contributed by atoms with E-state index in [1.54, 1.807) is 0 Å². The Bertz CT molecular complexity index is 639. The first kappa shape index (κ1) is 14.0. The van der Waals surface area contributed by atoms with Crippen molar-refractivity contribution in [3.63, 3.8) is 0 Å². The van der Waals surface area contributed by atoms with Crippen LogP contribution in [-0.2, 0) is 11.8 Å². The van der Waals surface area contributed by atoms with E-state index < -0.39 is 0 Å². The highest BCUT2D eigenvalue weighted by Gasteiger charge is 2.20. The summed E-state index contributed by atoms with van der Waals surface area (Å²) in [7, 11) is 0. The Labute approximate surface area is 133 Å². The molecular weight excluding hydrogens is 334 g/mol. The molecule has 1 aliphatic rings. The number of hydrogen-bond acceptors (Lipinski definition) is 1. The van der Waals surface area contributed by atoms with Gasteiger partial charge < -0.3 is 4.90 Å². The van der Waals surface area contributed by atoms with E-state index in [9.17, 15) is 0 Å². The Hall–Kier alpha value is -0.990. The summed E-state index contributed by atoms with van der Waals surface area (Å²) < 4.78 is 0. The average Bonchev–Trinajstić information content (AvgIpc) is 2.46. The number of hydrogen-bond donors (Lipinski definition) is 0. The van der Waals surface area contributed by atoms with E-state index in [0.717, 1.165) is 29.0 Å². The molecule has 0 amide bonds. The summed E-state index contributed by atoms with van der Waals surface area (Å²) in [6, 6.07) is 13.0. The van der Waals surface area contributed by atoms with Crippen LogP contribution in [0.1, 0.15) is 23.1 Å². The van der Waals surface area contributed by atoms with E-state index in [0.29, 0.717) is 0 Å². The van der Waals surface area contributed by atoms with Crippen molar-refractivity contribution in [2.75, 3.05) is 11.4 Å². The van der Waals surface area contributed by atoms with E-state index in [1.165, 1.54) is 28.8 Å². The van der Waals surface area contributed by atoms with Gasteiger partial charge in [-0.25, -0.2) is 0 Å². The van der Waals surface area contributed by atoms with Crippen LogP contribution in [0, 0.1) is 6.92 Å². The lowest BCUT2D eigenvalue weighted by Gasteiger charge is -2.32. The average molecular weight is 351 g/mol. The second-order valence-corrected chi connectivity index (χ2v) is 6.27. The van der Waals surface area contributed by atoms with Gasteiger partial charge in [0.1, 0.15) is 0 Å². The molecule has 0 spiro atoms. The van der Waals surface area contributed by atoms with Crippen molar-refractivity contribution in [3.05, 3.63) is 58.1 Å². The maximum Gasteiger partial charge on any atom is 0.0646 e. The van der Waals surface area contributed by atoms with Crippen LogP contribution in [0.4, 0.5) is 11.4 Å². The largest absolute Gasteiger partial charge is 0.340 e. The van der Waals surface area contributed by atoms with Gasteiger partial charge in [0.2, 0.25) is 0 Å². The molecule has 3 rings (SSSR count). The number of anilines is 2. The Balaban J connectivity index is 2.04. The fourth-order valence-corrected chi connectivity index (χ4v) is 3.48. The molecule has 0 fully saturated rings. The monoisotopic (exact) mass is 349 g/mol. The predicted octanol–water partition coefficient (Wildman–Crippen LogP) is 5.63. The zero-order valence-electron chi connectivity index (χ0n) is 11.5. The summed E-state index contributed by atoms with van der Waals surface area (Å²) in [5.74, 6) is 0. The molecule has 0 aliphatic carbocycles. The molecule has 0 N–H and O–H groups in total. The summed E-state index contributed by atoms with van der Waals surface area (Å²) in [6.07, 6.45) is 2.33. The zero-order chi connectivity index (χ0) is 14.1. The first-order valence-electron chi connectivity index (χ1n) is 6.90. The number of rotatable bonds is 2. The minimum atomic E-state index is 0.829. The summed E-state index contributed by atoms with van der Waals surface area (Å²) in [6.45, 7) is 3.18. The third kappa shape index (κ3) is 2.59. The van der Waals surface area contributed by atoms with Gasteiger partial charge in [-0.05, 0) is 49.1 Å². The highest BCUT2D eigenvalue weighted by molar-refractivity contribution is 9.08. The minimum Gasteiger partial charge on any atom is -0.340 e. The molecule has 0 bridgehead atoms. The molecule has 1 aliphatic heterocycles. The third-order valence-corrected chi connectivity index (χ3v) is 4.76. The molecule has 1 heterocycles. The fraction of sp³-hybridized carbons (Fsp3) is 0.294. The minimum absolute atomic E-state index is 0.829. The van der Waals surface area contributed by atoms with E-state index in [4.69, 9.17) is 11.6 Å². The lowest BCUT2D eigenvalue weighted by Crippen LogP contribution is -2.24. The molecule has 0 saturated heterocycles. The van der Waals surface area contributed by atoms with Gasteiger partial charge in [0.05, 0.1) is 10.7 Å². The van der Waals surface area contributed by atoms with Crippen LogP contribution in [0.2, 0.25) is 5.02 Å². The van der Waals surface area contributed by atoms with Crippen LogP contribution in [0.5, 0.6) is 0 Å². The molecule has 0 saturated carbocycles. The Kier molecular flexibility index (Phi) is 4.04. The van der Waals surface area contributed by atoms with Crippen molar-refractivity contribution in [2.45, 2.75) is 25.1 Å². The Morgan fingerprint density at radius 3 is 2.70 bits per heavy atom. The number of benzene rings is 2. The molecule has 0 unspecified atom stereocenters. The van der Waals surface area contributed by atoms with E-state index in [1.807, 2.05) is 6.07 Å². The van der Waals surface area contributed by atoms with Gasteiger partial charge in [-0.1, -0.05) is 51.3 Å². The van der Waals surface area contributed by atoms with Gasteiger partial charge in [0.25, 0.3) is 0 Å². The first-order chi connectivity index (χ1) is 9.69. The molecule has 2 aromatic rings.